The number of nitriles is 1. The number of aromatic nitrogens is 2. The number of halogens is 1. The van der Waals surface area contributed by atoms with Crippen molar-refractivity contribution in [2.24, 2.45) is 0 Å². The minimum Gasteiger partial charge on any atom is -0.497 e. The van der Waals surface area contributed by atoms with Crippen molar-refractivity contribution in [3.8, 4) is 23.3 Å². The molecule has 1 amide bonds. The van der Waals surface area contributed by atoms with Crippen LogP contribution >= 0.6 is 11.3 Å². The van der Waals surface area contributed by atoms with Crippen molar-refractivity contribution in [1.29, 1.82) is 5.26 Å². The van der Waals surface area contributed by atoms with E-state index in [1.54, 1.807) is 41.6 Å². The lowest BCUT2D eigenvalue weighted by molar-refractivity contribution is 0.0886. The first-order chi connectivity index (χ1) is 18.4. The average Bonchev–Trinajstić information content (AvgIpc) is 3.59. The second-order valence-electron chi connectivity index (χ2n) is 8.64. The van der Waals surface area contributed by atoms with Gasteiger partial charge in [0.2, 0.25) is 0 Å². The van der Waals surface area contributed by atoms with Crippen molar-refractivity contribution in [1.82, 2.24) is 15.1 Å². The maximum absolute atomic E-state index is 13.4. The number of carbonyl (C=O) groups excluding carboxylic acids is 1. The van der Waals surface area contributed by atoms with Gasteiger partial charge in [0, 0.05) is 10.8 Å². The third kappa shape index (κ3) is 5.92. The number of benzene rings is 3. The molecule has 5 aromatic rings. The second-order valence-corrected chi connectivity index (χ2v) is 9.55. The molecule has 0 aliphatic heterocycles. The molecule has 0 aliphatic carbocycles. The fraction of sp³-hybridized carbons (Fsp3) is 0.167. The van der Waals surface area contributed by atoms with Gasteiger partial charge in [0.1, 0.15) is 29.5 Å². The van der Waals surface area contributed by atoms with Crippen molar-refractivity contribution >= 4 is 28.1 Å². The number of carbonyl (C=O) groups is 1. The number of fused-ring (bicyclic) bond motifs is 1. The highest BCUT2D eigenvalue weighted by molar-refractivity contribution is 7.12. The Kier molecular flexibility index (Phi) is 8.27. The first kappa shape index (κ1) is 27.4. The van der Waals surface area contributed by atoms with Crippen LogP contribution in [0.1, 0.15) is 41.3 Å². The fourth-order valence-electron chi connectivity index (χ4n) is 4.16. The van der Waals surface area contributed by atoms with E-state index in [-0.39, 0.29) is 19.2 Å². The smallest absolute Gasteiger partial charge is 0.261 e. The van der Waals surface area contributed by atoms with E-state index < -0.39 is 12.1 Å². The third-order valence-electron chi connectivity index (χ3n) is 6.06. The highest BCUT2D eigenvalue weighted by Gasteiger charge is 2.25. The van der Waals surface area contributed by atoms with E-state index in [1.807, 2.05) is 55.5 Å². The summed E-state index contributed by atoms with van der Waals surface area (Å²) in [5.41, 5.74) is 2.86. The Morgan fingerprint density at radius 3 is 2.62 bits per heavy atom. The number of nitrogens with zero attached hydrogens (tertiary/aromatic N) is 3. The van der Waals surface area contributed by atoms with Crippen molar-refractivity contribution in [3.05, 3.63) is 106 Å². The van der Waals surface area contributed by atoms with Crippen LogP contribution in [0, 0.1) is 17.1 Å². The van der Waals surface area contributed by atoms with E-state index in [2.05, 4.69) is 10.4 Å². The molecule has 2 aromatic heterocycles. The molecule has 0 bridgehead atoms. The van der Waals surface area contributed by atoms with Gasteiger partial charge < -0.3 is 14.8 Å². The zero-order chi connectivity index (χ0) is 26.6. The second kappa shape index (κ2) is 11.8. The van der Waals surface area contributed by atoms with Crippen molar-refractivity contribution in [3.63, 3.8) is 0 Å². The minimum atomic E-state index is -0.547. The molecular formula is C30H27FN4O3S. The lowest BCUT2D eigenvalue weighted by Gasteiger charge is -2.27. The average molecular weight is 543 g/mol. The highest BCUT2D eigenvalue weighted by Crippen LogP contribution is 2.30. The van der Waals surface area contributed by atoms with Crippen LogP contribution in [0.15, 0.2) is 84.4 Å². The molecule has 7 nitrogen and oxygen atoms in total. The van der Waals surface area contributed by atoms with Gasteiger partial charge in [0.15, 0.2) is 0 Å². The molecule has 0 saturated heterocycles. The third-order valence-corrected chi connectivity index (χ3v) is 6.99. The number of methoxy groups -OCH3 is 1. The van der Waals surface area contributed by atoms with Crippen LogP contribution in [0.5, 0.6) is 11.5 Å². The van der Waals surface area contributed by atoms with E-state index in [9.17, 15) is 9.18 Å². The molecule has 0 aliphatic rings. The summed E-state index contributed by atoms with van der Waals surface area (Å²) in [7, 11) is 1.59. The Morgan fingerprint density at radius 2 is 1.90 bits per heavy atom. The summed E-state index contributed by atoms with van der Waals surface area (Å²) in [4.78, 5) is 13.4. The quantitative estimate of drug-likeness (QED) is 0.236. The molecule has 39 heavy (non-hydrogen) atoms. The predicted octanol–water partition coefficient (Wildman–Crippen LogP) is 6.68. The van der Waals surface area contributed by atoms with Gasteiger partial charge in [-0.2, -0.15) is 10.4 Å². The van der Waals surface area contributed by atoms with E-state index in [1.165, 1.54) is 23.5 Å². The van der Waals surface area contributed by atoms with Gasteiger partial charge in [-0.25, -0.2) is 9.07 Å². The van der Waals surface area contributed by atoms with Crippen LogP contribution in [-0.2, 0) is 0 Å². The summed E-state index contributed by atoms with van der Waals surface area (Å²) >= 11 is 1.22. The summed E-state index contributed by atoms with van der Waals surface area (Å²) in [6.07, 6.45) is 1.18. The Balaban J connectivity index is 0.00000353. The molecule has 0 fully saturated rings. The van der Waals surface area contributed by atoms with Crippen LogP contribution in [0.3, 0.4) is 0 Å². The SMILES string of the molecule is C.COc1cccc([C@@H](Oc2ccc3c(cnn3-c3ccc(F)cc3)c2)[C@H](C)NC(=O)c2cc(C#N)cs2)c1. The number of hydrogen-bond donors (Lipinski definition) is 1. The Bertz CT molecular complexity index is 1640. The van der Waals surface area contributed by atoms with Crippen LogP contribution in [-0.4, -0.2) is 28.8 Å². The Labute approximate surface area is 230 Å². The fourth-order valence-corrected chi connectivity index (χ4v) is 4.90. The summed E-state index contributed by atoms with van der Waals surface area (Å²) in [5.74, 6) is 0.669. The molecule has 1 N–H and O–H groups in total. The predicted molar refractivity (Wildman–Crippen MR) is 150 cm³/mol. The van der Waals surface area contributed by atoms with E-state index in [0.717, 1.165) is 22.2 Å². The van der Waals surface area contributed by atoms with Gasteiger partial charge in [-0.3, -0.25) is 4.79 Å². The first-order valence-corrected chi connectivity index (χ1v) is 12.7. The van der Waals surface area contributed by atoms with Gasteiger partial charge in [-0.05, 0) is 73.2 Å². The van der Waals surface area contributed by atoms with Gasteiger partial charge in [-0.1, -0.05) is 19.6 Å². The molecule has 0 saturated carbocycles. The monoisotopic (exact) mass is 542 g/mol. The van der Waals surface area contributed by atoms with Crippen molar-refractivity contribution in [2.75, 3.05) is 7.11 Å². The summed E-state index contributed by atoms with van der Waals surface area (Å²) < 4.78 is 27.0. The molecule has 0 unspecified atom stereocenters. The van der Waals surface area contributed by atoms with Crippen LogP contribution < -0.4 is 14.8 Å². The highest BCUT2D eigenvalue weighted by atomic mass is 32.1. The van der Waals surface area contributed by atoms with Crippen molar-refractivity contribution in [2.45, 2.75) is 26.5 Å². The molecule has 198 valence electrons. The lowest BCUT2D eigenvalue weighted by Crippen LogP contribution is -2.39. The number of nitrogens with one attached hydrogen (secondary N) is 1. The number of rotatable bonds is 8. The zero-order valence-electron chi connectivity index (χ0n) is 20.6. The molecule has 5 rings (SSSR count). The van der Waals surface area contributed by atoms with Crippen LogP contribution in [0.2, 0.25) is 0 Å². The lowest BCUT2D eigenvalue weighted by atomic mass is 10.0. The maximum Gasteiger partial charge on any atom is 0.261 e. The maximum atomic E-state index is 13.4. The Hall–Kier alpha value is -4.68. The normalized spacial score (nSPS) is 12.2. The molecule has 9 heteroatoms. The number of amides is 1. The zero-order valence-corrected chi connectivity index (χ0v) is 21.4. The first-order valence-electron chi connectivity index (χ1n) is 11.8. The summed E-state index contributed by atoms with van der Waals surface area (Å²) in [6, 6.07) is 22.4. The summed E-state index contributed by atoms with van der Waals surface area (Å²) in [6.45, 7) is 1.87. The minimum absolute atomic E-state index is 0. The van der Waals surface area contributed by atoms with Crippen LogP contribution in [0.4, 0.5) is 4.39 Å². The standard InChI is InChI=1S/C29H23FN4O3S.CH4/c1-18(33-29(35)27-12-19(15-31)17-38-27)28(20-4-3-5-24(13-20)36-2)37-25-10-11-26-21(14-25)16-32-34(26)23-8-6-22(30)7-9-23;/h3-14,16-18,28H,1-2H3,(H,33,35);1H4/t18-,28-;/m0./s1. The van der Waals surface area contributed by atoms with Crippen molar-refractivity contribution < 1.29 is 18.7 Å². The van der Waals surface area contributed by atoms with E-state index in [4.69, 9.17) is 14.7 Å². The molecular weight excluding hydrogens is 515 g/mol. The van der Waals surface area contributed by atoms with E-state index in [0.29, 0.717) is 21.9 Å². The number of hydrogen-bond acceptors (Lipinski definition) is 6. The Morgan fingerprint density at radius 1 is 1.10 bits per heavy atom. The molecule has 0 spiro atoms. The van der Waals surface area contributed by atoms with Gasteiger partial charge in [-0.15, -0.1) is 11.3 Å². The molecule has 0 radical (unpaired) electrons. The van der Waals surface area contributed by atoms with Crippen LogP contribution in [0.25, 0.3) is 16.6 Å². The summed E-state index contributed by atoms with van der Waals surface area (Å²) in [5, 5.41) is 19.0. The topological polar surface area (TPSA) is 89.2 Å². The van der Waals surface area contributed by atoms with Gasteiger partial charge in [0.25, 0.3) is 5.91 Å². The van der Waals surface area contributed by atoms with E-state index >= 15 is 0 Å². The molecule has 2 heterocycles. The number of ether oxygens (including phenoxy) is 2. The number of thiophene rings is 1. The van der Waals surface area contributed by atoms with Gasteiger partial charge >= 0.3 is 0 Å². The van der Waals surface area contributed by atoms with Gasteiger partial charge in [0.05, 0.1) is 41.0 Å². The molecule has 3 aromatic carbocycles. The largest absolute Gasteiger partial charge is 0.497 e. The molecule has 2 atom stereocenters.